The van der Waals surface area contributed by atoms with Crippen LogP contribution in [-0.4, -0.2) is 97.2 Å². The van der Waals surface area contributed by atoms with Crippen LogP contribution in [0.3, 0.4) is 0 Å². The zero-order chi connectivity index (χ0) is 46.6. The van der Waals surface area contributed by atoms with E-state index in [0.717, 1.165) is 31.2 Å². The lowest BCUT2D eigenvalue weighted by atomic mass is 9.90. The molecule has 346 valence electrons. The third-order valence-electron chi connectivity index (χ3n) is 9.62. The molecule has 0 aliphatic rings. The first-order valence-corrected chi connectivity index (χ1v) is 20.5. The molecule has 4 aromatic carbocycles. The van der Waals surface area contributed by atoms with Crippen LogP contribution in [0.2, 0.25) is 0 Å². The van der Waals surface area contributed by atoms with Crippen molar-refractivity contribution in [3.05, 3.63) is 133 Å². The van der Waals surface area contributed by atoms with Gasteiger partial charge in [0.2, 0.25) is 0 Å². The molecule has 0 fully saturated rings. The van der Waals surface area contributed by atoms with Gasteiger partial charge >= 0.3 is 23.9 Å². The average molecular weight is 895 g/mol. The minimum atomic E-state index is -0.840. The number of carbonyl (C=O) groups is 4. The Bertz CT molecular complexity index is 2310. The summed E-state index contributed by atoms with van der Waals surface area (Å²) in [4.78, 5) is 49.8. The fourth-order valence-electron chi connectivity index (χ4n) is 6.02. The molecule has 4 N–H and O–H groups in total. The molecule has 0 aromatic heterocycles. The Morgan fingerprint density at radius 3 is 1.37 bits per heavy atom. The standard InChI is InChI=1S/C50H54O14.CH4/c1-6-7-8-9-10-38-25-44(37-13-18-41(19-14-37)60-22-24-62-48(56)33(3)29-52)46(64-50(58)35(5)31-54)27-43(38)39-15-20-42(45(26-39)63-49(57)34(4)30-53)36-11-16-40(17-12-36)59-21-23-61-47(55)32(2)28-51;/h11-20,25-27,51-54H,2-10,21-24,28-31H2,1H3;1H4. The van der Waals surface area contributed by atoms with Crippen molar-refractivity contribution >= 4 is 23.9 Å². The smallest absolute Gasteiger partial charge is 0.341 e. The summed E-state index contributed by atoms with van der Waals surface area (Å²) >= 11 is 0. The van der Waals surface area contributed by atoms with Gasteiger partial charge in [-0.05, 0) is 83.1 Å². The molecule has 14 nitrogen and oxygen atoms in total. The molecule has 4 aromatic rings. The van der Waals surface area contributed by atoms with Gasteiger partial charge in [-0.25, -0.2) is 19.2 Å². The number of hydrogen-bond acceptors (Lipinski definition) is 14. The minimum Gasteiger partial charge on any atom is -0.490 e. The Kier molecular flexibility index (Phi) is 21.6. The number of rotatable bonds is 26. The van der Waals surface area contributed by atoms with Crippen molar-refractivity contribution in [2.75, 3.05) is 52.9 Å². The lowest BCUT2D eigenvalue weighted by Gasteiger charge is -2.19. The minimum absolute atomic E-state index is 0. The van der Waals surface area contributed by atoms with Gasteiger partial charge in [-0.1, -0.05) is 96.3 Å². The lowest BCUT2D eigenvalue weighted by molar-refractivity contribution is -0.141. The maximum absolute atomic E-state index is 13.2. The number of unbranched alkanes of at least 4 members (excludes halogenated alkanes) is 3. The second kappa shape index (κ2) is 26.7. The molecular formula is C51H58O14. The monoisotopic (exact) mass is 894 g/mol. The molecule has 0 radical (unpaired) electrons. The Labute approximate surface area is 379 Å². The number of aryl methyl sites for hydroxylation is 1. The summed E-state index contributed by atoms with van der Waals surface area (Å²) < 4.78 is 33.3. The highest BCUT2D eigenvalue weighted by molar-refractivity contribution is 5.93. The highest BCUT2D eigenvalue weighted by atomic mass is 16.6. The van der Waals surface area contributed by atoms with E-state index in [-0.39, 0.29) is 67.6 Å². The zero-order valence-electron chi connectivity index (χ0n) is 35.9. The Hall–Kier alpha value is -6.84. The van der Waals surface area contributed by atoms with E-state index in [4.69, 9.17) is 38.6 Å². The maximum Gasteiger partial charge on any atom is 0.341 e. The molecule has 0 atom stereocenters. The van der Waals surface area contributed by atoms with Crippen molar-refractivity contribution < 1.29 is 68.0 Å². The van der Waals surface area contributed by atoms with Crippen molar-refractivity contribution in [3.63, 3.8) is 0 Å². The van der Waals surface area contributed by atoms with E-state index >= 15 is 0 Å². The molecule has 0 aliphatic carbocycles. The predicted octanol–water partition coefficient (Wildman–Crippen LogP) is 7.30. The Balaban J connectivity index is 0.0000112. The summed E-state index contributed by atoms with van der Waals surface area (Å²) in [5, 5.41) is 37.5. The summed E-state index contributed by atoms with van der Waals surface area (Å²) in [6.45, 7) is 13.9. The molecule has 4 rings (SSSR count). The SMILES string of the molecule is C.C=C(CO)C(=O)OCCOc1ccc(-c2ccc(-c3cc(OC(=O)C(=C)CO)c(-c4ccc(OCCOC(=O)C(=C)CO)cc4)cc3CCCCCC)cc2OC(=O)C(=C)CO)cc1. The van der Waals surface area contributed by atoms with Crippen LogP contribution in [-0.2, 0) is 35.1 Å². The number of hydrogen-bond donors (Lipinski definition) is 4. The first-order chi connectivity index (χ1) is 30.8. The van der Waals surface area contributed by atoms with E-state index in [0.29, 0.717) is 51.3 Å². The second-order valence-corrected chi connectivity index (χ2v) is 14.4. The number of ether oxygens (including phenoxy) is 6. The molecule has 0 aliphatic heterocycles. The molecule has 0 spiro atoms. The van der Waals surface area contributed by atoms with E-state index in [1.165, 1.54) is 0 Å². The lowest BCUT2D eigenvalue weighted by Crippen LogP contribution is -2.15. The first kappa shape index (κ1) is 52.5. The fourth-order valence-corrected chi connectivity index (χ4v) is 6.02. The maximum atomic E-state index is 13.2. The summed E-state index contributed by atoms with van der Waals surface area (Å²) in [7, 11) is 0. The van der Waals surface area contributed by atoms with E-state index in [1.54, 1.807) is 66.7 Å². The summed E-state index contributed by atoms with van der Waals surface area (Å²) in [5.41, 5.74) is 4.14. The van der Waals surface area contributed by atoms with Gasteiger partial charge < -0.3 is 48.8 Å². The highest BCUT2D eigenvalue weighted by Gasteiger charge is 2.21. The van der Waals surface area contributed by atoms with Crippen LogP contribution in [0.5, 0.6) is 23.0 Å². The van der Waals surface area contributed by atoms with Crippen molar-refractivity contribution in [1.82, 2.24) is 0 Å². The Morgan fingerprint density at radius 1 is 0.477 bits per heavy atom. The van der Waals surface area contributed by atoms with Gasteiger partial charge in [-0.2, -0.15) is 0 Å². The molecular weight excluding hydrogens is 837 g/mol. The van der Waals surface area contributed by atoms with Gasteiger partial charge in [-0.15, -0.1) is 0 Å². The number of benzene rings is 4. The first-order valence-electron chi connectivity index (χ1n) is 20.5. The molecule has 0 saturated carbocycles. The van der Waals surface area contributed by atoms with Gasteiger partial charge in [0.25, 0.3) is 0 Å². The van der Waals surface area contributed by atoms with Gasteiger partial charge in [0, 0.05) is 11.1 Å². The Morgan fingerprint density at radius 2 is 0.908 bits per heavy atom. The molecule has 65 heavy (non-hydrogen) atoms. The van der Waals surface area contributed by atoms with E-state index < -0.39 is 50.3 Å². The quantitative estimate of drug-likeness (QED) is 0.0212. The third kappa shape index (κ3) is 15.4. The molecule has 0 heterocycles. The van der Waals surface area contributed by atoms with Gasteiger partial charge in [0.1, 0.15) is 49.4 Å². The van der Waals surface area contributed by atoms with Crippen LogP contribution in [0.1, 0.15) is 45.6 Å². The van der Waals surface area contributed by atoms with Crippen LogP contribution >= 0.6 is 0 Å². The fraction of sp³-hybridized carbons (Fsp3) is 0.294. The van der Waals surface area contributed by atoms with E-state index in [2.05, 4.69) is 33.2 Å². The second-order valence-electron chi connectivity index (χ2n) is 14.4. The molecule has 14 heteroatoms. The van der Waals surface area contributed by atoms with Crippen LogP contribution in [0, 0.1) is 0 Å². The normalized spacial score (nSPS) is 10.5. The number of carbonyl (C=O) groups excluding carboxylic acids is 4. The van der Waals surface area contributed by atoms with Gasteiger partial charge in [0.15, 0.2) is 0 Å². The third-order valence-corrected chi connectivity index (χ3v) is 9.62. The van der Waals surface area contributed by atoms with Crippen molar-refractivity contribution in [3.8, 4) is 56.4 Å². The zero-order valence-corrected chi connectivity index (χ0v) is 35.9. The largest absolute Gasteiger partial charge is 0.490 e. The average Bonchev–Trinajstić information content (AvgIpc) is 3.32. The van der Waals surface area contributed by atoms with Crippen molar-refractivity contribution in [2.24, 2.45) is 0 Å². The molecule has 0 saturated heterocycles. The number of aliphatic hydroxyl groups is 4. The van der Waals surface area contributed by atoms with Crippen LogP contribution in [0.15, 0.2) is 127 Å². The summed E-state index contributed by atoms with van der Waals surface area (Å²) in [6.07, 6.45) is 4.49. The molecule has 0 unspecified atom stereocenters. The summed E-state index contributed by atoms with van der Waals surface area (Å²) in [6, 6.07) is 22.8. The molecule has 0 amide bonds. The van der Waals surface area contributed by atoms with E-state index in [9.17, 15) is 29.4 Å². The van der Waals surface area contributed by atoms with Crippen LogP contribution in [0.4, 0.5) is 0 Å². The van der Waals surface area contributed by atoms with Crippen molar-refractivity contribution in [1.29, 1.82) is 0 Å². The molecule has 0 bridgehead atoms. The highest BCUT2D eigenvalue weighted by Crippen LogP contribution is 2.42. The van der Waals surface area contributed by atoms with E-state index in [1.807, 2.05) is 12.1 Å². The van der Waals surface area contributed by atoms with Crippen molar-refractivity contribution in [2.45, 2.75) is 46.5 Å². The topological polar surface area (TPSA) is 205 Å². The number of aliphatic hydroxyl groups excluding tert-OH is 4. The van der Waals surface area contributed by atoms with Gasteiger partial charge in [0.05, 0.1) is 48.7 Å². The summed E-state index contributed by atoms with van der Waals surface area (Å²) in [5.74, 6) is -1.86. The predicted molar refractivity (Wildman–Crippen MR) is 246 cm³/mol. The van der Waals surface area contributed by atoms with Crippen LogP contribution < -0.4 is 18.9 Å². The van der Waals surface area contributed by atoms with Crippen LogP contribution in [0.25, 0.3) is 33.4 Å². The van der Waals surface area contributed by atoms with Gasteiger partial charge in [-0.3, -0.25) is 0 Å². The number of esters is 4.